The van der Waals surface area contributed by atoms with Crippen molar-refractivity contribution < 1.29 is 69.1 Å². The molecule has 0 aliphatic carbocycles. The quantitative estimate of drug-likeness (QED) is 0.373. The first kappa shape index (κ1) is 14.5. The number of amides is 1. The van der Waals surface area contributed by atoms with E-state index in [4.69, 9.17) is 0 Å². The molecule has 1 N–H and O–H groups in total. The molecule has 0 aromatic carbocycles. The molecular weight excluding hydrogens is 197 g/mol. The molecule has 60 valence electrons. The van der Waals surface area contributed by atoms with Crippen LogP contribution in [0.4, 0.5) is 0 Å². The van der Waals surface area contributed by atoms with Crippen LogP contribution in [0.15, 0.2) is 0 Å². The maximum absolute atomic E-state index is 10.3. The second kappa shape index (κ2) is 6.52. The SMILES string of the molecule is CNC(=O)CCS(=O)(=O)[O-].[K+]. The van der Waals surface area contributed by atoms with Crippen LogP contribution >= 0.6 is 0 Å². The van der Waals surface area contributed by atoms with E-state index in [9.17, 15) is 17.8 Å². The van der Waals surface area contributed by atoms with Gasteiger partial charge in [-0.3, -0.25) is 4.79 Å². The fourth-order valence-electron chi connectivity index (χ4n) is 0.343. The monoisotopic (exact) mass is 205 g/mol. The summed E-state index contributed by atoms with van der Waals surface area (Å²) < 4.78 is 29.7. The van der Waals surface area contributed by atoms with Gasteiger partial charge in [-0.25, -0.2) is 8.42 Å². The van der Waals surface area contributed by atoms with Gasteiger partial charge in [0.1, 0.15) is 0 Å². The van der Waals surface area contributed by atoms with Crippen LogP contribution in [-0.4, -0.2) is 31.7 Å². The Bertz CT molecular complexity index is 212. The van der Waals surface area contributed by atoms with E-state index in [0.29, 0.717) is 0 Å². The van der Waals surface area contributed by atoms with Gasteiger partial charge >= 0.3 is 51.4 Å². The molecule has 0 radical (unpaired) electrons. The van der Waals surface area contributed by atoms with Crippen LogP contribution in [0.1, 0.15) is 6.42 Å². The first-order chi connectivity index (χ1) is 4.45. The zero-order valence-corrected chi connectivity index (χ0v) is 10.4. The summed E-state index contributed by atoms with van der Waals surface area (Å²) in [4.78, 5) is 10.3. The Labute approximate surface area is 108 Å². The van der Waals surface area contributed by atoms with Crippen LogP contribution < -0.4 is 56.7 Å². The molecule has 0 saturated heterocycles. The van der Waals surface area contributed by atoms with E-state index in [1.165, 1.54) is 7.05 Å². The third-order valence-electron chi connectivity index (χ3n) is 0.858. The Morgan fingerprint density at radius 3 is 2.27 bits per heavy atom. The second-order valence-electron chi connectivity index (χ2n) is 1.68. The van der Waals surface area contributed by atoms with Gasteiger partial charge in [0.05, 0.1) is 10.1 Å². The molecule has 0 rings (SSSR count). The molecule has 0 unspecified atom stereocenters. The van der Waals surface area contributed by atoms with Crippen molar-refractivity contribution in [2.45, 2.75) is 6.42 Å². The molecule has 1 amide bonds. The molecule has 0 aromatic heterocycles. The standard InChI is InChI=1S/C4H9NO4S.K/c1-5-4(6)2-3-10(7,8)9;/h2-3H2,1H3,(H,5,6)(H,7,8,9);/q;+1/p-1. The number of hydrogen-bond donors (Lipinski definition) is 1. The van der Waals surface area contributed by atoms with Crippen molar-refractivity contribution in [2.24, 2.45) is 0 Å². The Hall–Kier alpha value is 1.02. The third kappa shape index (κ3) is 11.0. The number of nitrogens with one attached hydrogen (secondary N) is 1. The first-order valence-corrected chi connectivity index (χ1v) is 4.17. The number of carbonyl (C=O) groups is 1. The van der Waals surface area contributed by atoms with Crippen LogP contribution in [0.5, 0.6) is 0 Å². The predicted molar refractivity (Wildman–Crippen MR) is 33.2 cm³/mol. The average molecular weight is 205 g/mol. The predicted octanol–water partition coefficient (Wildman–Crippen LogP) is -4.33. The molecule has 0 fully saturated rings. The minimum atomic E-state index is -4.24. The molecule has 7 heteroatoms. The van der Waals surface area contributed by atoms with E-state index in [0.717, 1.165) is 0 Å². The van der Waals surface area contributed by atoms with Crippen molar-refractivity contribution in [1.29, 1.82) is 0 Å². The summed E-state index contributed by atoms with van der Waals surface area (Å²) in [5.41, 5.74) is 0. The topological polar surface area (TPSA) is 86.3 Å². The normalized spacial score (nSPS) is 10.0. The van der Waals surface area contributed by atoms with Crippen molar-refractivity contribution in [2.75, 3.05) is 12.8 Å². The van der Waals surface area contributed by atoms with Gasteiger partial charge in [-0.2, -0.15) is 0 Å². The molecule has 0 saturated carbocycles. The molecular formula is C4H8KNO4S. The van der Waals surface area contributed by atoms with E-state index in [1.807, 2.05) is 0 Å². The number of hydrogen-bond acceptors (Lipinski definition) is 4. The zero-order chi connectivity index (χ0) is 8.20. The fourth-order valence-corrected chi connectivity index (χ4v) is 0.778. The van der Waals surface area contributed by atoms with Crippen molar-refractivity contribution in [3.63, 3.8) is 0 Å². The molecule has 0 heterocycles. The Morgan fingerprint density at radius 1 is 1.55 bits per heavy atom. The molecule has 0 atom stereocenters. The van der Waals surface area contributed by atoms with Crippen molar-refractivity contribution in [1.82, 2.24) is 5.32 Å². The Balaban J connectivity index is 0. The van der Waals surface area contributed by atoms with E-state index in [-0.39, 0.29) is 57.8 Å². The van der Waals surface area contributed by atoms with Crippen molar-refractivity contribution in [3.05, 3.63) is 0 Å². The average Bonchev–Trinajstić information content (AvgIpc) is 1.81. The molecule has 11 heavy (non-hydrogen) atoms. The van der Waals surface area contributed by atoms with E-state index < -0.39 is 21.8 Å². The van der Waals surface area contributed by atoms with Gasteiger partial charge in [-0.05, 0) is 0 Å². The van der Waals surface area contributed by atoms with E-state index in [1.54, 1.807) is 0 Å². The maximum atomic E-state index is 10.3. The Morgan fingerprint density at radius 2 is 2.00 bits per heavy atom. The zero-order valence-electron chi connectivity index (χ0n) is 6.46. The fraction of sp³-hybridized carbons (Fsp3) is 0.750. The first-order valence-electron chi connectivity index (χ1n) is 2.60. The summed E-state index contributed by atoms with van der Waals surface area (Å²) in [5, 5.41) is 2.20. The number of carbonyl (C=O) groups excluding carboxylic acids is 1. The van der Waals surface area contributed by atoms with Gasteiger partial charge in [-0.15, -0.1) is 0 Å². The molecule has 0 aliphatic rings. The summed E-state index contributed by atoms with van der Waals surface area (Å²) >= 11 is 0. The van der Waals surface area contributed by atoms with E-state index in [2.05, 4.69) is 5.32 Å². The van der Waals surface area contributed by atoms with Crippen LogP contribution in [0.2, 0.25) is 0 Å². The third-order valence-corrected chi connectivity index (χ3v) is 1.56. The molecule has 0 aromatic rings. The van der Waals surface area contributed by atoms with Gasteiger partial charge in [0, 0.05) is 19.2 Å². The van der Waals surface area contributed by atoms with Crippen molar-refractivity contribution >= 4 is 16.0 Å². The largest absolute Gasteiger partial charge is 1.00 e. The van der Waals surface area contributed by atoms with Gasteiger partial charge in [0.2, 0.25) is 5.91 Å². The van der Waals surface area contributed by atoms with Gasteiger partial charge < -0.3 is 9.87 Å². The van der Waals surface area contributed by atoms with E-state index >= 15 is 0 Å². The van der Waals surface area contributed by atoms with Crippen LogP contribution in [0, 0.1) is 0 Å². The maximum Gasteiger partial charge on any atom is 1.00 e. The summed E-state index contributed by atoms with van der Waals surface area (Å²) in [6.07, 6.45) is -0.262. The number of rotatable bonds is 3. The Kier molecular flexibility index (Phi) is 8.62. The van der Waals surface area contributed by atoms with Gasteiger partial charge in [-0.1, -0.05) is 0 Å². The van der Waals surface area contributed by atoms with Gasteiger partial charge in [0.25, 0.3) is 0 Å². The van der Waals surface area contributed by atoms with Crippen LogP contribution in [0.25, 0.3) is 0 Å². The summed E-state index contributed by atoms with van der Waals surface area (Å²) in [6.45, 7) is 0. The summed E-state index contributed by atoms with van der Waals surface area (Å²) in [5.74, 6) is -1.08. The molecule has 0 aliphatic heterocycles. The summed E-state index contributed by atoms with van der Waals surface area (Å²) in [6, 6.07) is 0. The molecule has 0 spiro atoms. The molecule has 0 bridgehead atoms. The second-order valence-corrected chi connectivity index (χ2v) is 3.21. The minimum Gasteiger partial charge on any atom is -0.748 e. The molecule has 5 nitrogen and oxygen atoms in total. The van der Waals surface area contributed by atoms with Crippen molar-refractivity contribution in [3.8, 4) is 0 Å². The van der Waals surface area contributed by atoms with Crippen LogP contribution in [0.3, 0.4) is 0 Å². The summed E-state index contributed by atoms with van der Waals surface area (Å²) in [7, 11) is -2.87. The van der Waals surface area contributed by atoms with Crippen LogP contribution in [-0.2, 0) is 14.9 Å². The van der Waals surface area contributed by atoms with Gasteiger partial charge in [0.15, 0.2) is 0 Å². The minimum absolute atomic E-state index is 0. The smallest absolute Gasteiger partial charge is 0.748 e.